The topological polar surface area (TPSA) is 140 Å². The first-order chi connectivity index (χ1) is 21.0. The summed E-state index contributed by atoms with van der Waals surface area (Å²) in [6.45, 7) is 5.26. The summed E-state index contributed by atoms with van der Waals surface area (Å²) in [5.41, 5.74) is 1.62. The Morgan fingerprint density at radius 1 is 1.00 bits per heavy atom. The van der Waals surface area contributed by atoms with E-state index in [1.54, 1.807) is 44.4 Å². The quantitative estimate of drug-likeness (QED) is 0.389. The fourth-order valence-electron chi connectivity index (χ4n) is 4.45. The lowest BCUT2D eigenvalue weighted by atomic mass is 10.0. The van der Waals surface area contributed by atoms with Crippen molar-refractivity contribution < 1.29 is 38.5 Å². The summed E-state index contributed by atoms with van der Waals surface area (Å²) < 4.78 is 16.5. The van der Waals surface area contributed by atoms with Crippen LogP contribution in [-0.2, 0) is 35.1 Å². The molecule has 0 saturated carbocycles. The molecule has 2 aromatic rings. The highest BCUT2D eigenvalue weighted by Gasteiger charge is 2.32. The average Bonchev–Trinajstić information content (AvgIpc) is 3.01. The number of rotatable bonds is 8. The first-order valence-electron chi connectivity index (χ1n) is 14.8. The maximum Gasteiger partial charge on any atom is 0.347 e. The van der Waals surface area contributed by atoms with Crippen molar-refractivity contribution in [2.24, 2.45) is 11.8 Å². The Balaban J connectivity index is 1.88. The van der Waals surface area contributed by atoms with E-state index >= 15 is 0 Å². The molecule has 1 heterocycles. The van der Waals surface area contributed by atoms with Gasteiger partial charge in [-0.2, -0.15) is 0 Å². The van der Waals surface area contributed by atoms with Crippen LogP contribution in [0, 0.1) is 11.8 Å². The number of cyclic esters (lactones) is 2. The number of methoxy groups -OCH3 is 1. The van der Waals surface area contributed by atoms with Crippen molar-refractivity contribution in [1.29, 1.82) is 0 Å². The number of amides is 2. The predicted octanol–water partition coefficient (Wildman–Crippen LogP) is 3.38. The van der Waals surface area contributed by atoms with Crippen molar-refractivity contribution in [3.63, 3.8) is 0 Å². The molecule has 0 aromatic heterocycles. The molecule has 1 unspecified atom stereocenters. The first-order valence-corrected chi connectivity index (χ1v) is 14.8. The van der Waals surface area contributed by atoms with Crippen LogP contribution in [0.3, 0.4) is 0 Å². The summed E-state index contributed by atoms with van der Waals surface area (Å²) in [5, 5.41) is 16.4. The van der Waals surface area contributed by atoms with E-state index in [0.717, 1.165) is 11.1 Å². The Morgan fingerprint density at radius 2 is 1.70 bits per heavy atom. The van der Waals surface area contributed by atoms with Gasteiger partial charge in [0.05, 0.1) is 13.0 Å². The number of carbonyl (C=O) groups excluding carboxylic acids is 4. The largest absolute Gasteiger partial charge is 0.497 e. The monoisotopic (exact) mass is 606 g/mol. The molecule has 0 saturated heterocycles. The summed E-state index contributed by atoms with van der Waals surface area (Å²) in [6, 6.07) is 15.5. The Hall–Kier alpha value is -4.44. The number of ether oxygens (including phenoxy) is 3. The molecule has 5 atom stereocenters. The summed E-state index contributed by atoms with van der Waals surface area (Å²) >= 11 is 0. The van der Waals surface area contributed by atoms with E-state index in [1.807, 2.05) is 44.2 Å². The molecule has 0 fully saturated rings. The number of hydrogen-bond acceptors (Lipinski definition) is 8. The Bertz CT molecular complexity index is 1310. The van der Waals surface area contributed by atoms with Gasteiger partial charge in [-0.3, -0.25) is 14.4 Å². The standard InChI is InChI=1S/C34H42N2O8/c1-22(2)19-30-34(41)43-29(28(37)18-15-24-9-6-5-7-10-24)11-8-12-31(38)36-27(20-25-13-16-26(42-4)17-14-25)32(39)35-21-23(3)33(40)44-30/h5-10,12-18,22-23,27-30,37H,11,19-21H2,1-4H3,(H,35,39)(H,36,38)/b12-8+,18-15+/t23-,27-,28?,29+,30+/m1/s1. The zero-order chi connectivity index (χ0) is 32.1. The number of hydrogen-bond donors (Lipinski definition) is 3. The molecule has 0 bridgehead atoms. The smallest absolute Gasteiger partial charge is 0.347 e. The Morgan fingerprint density at radius 3 is 2.36 bits per heavy atom. The highest BCUT2D eigenvalue weighted by molar-refractivity contribution is 5.93. The van der Waals surface area contributed by atoms with Gasteiger partial charge in [0.2, 0.25) is 11.8 Å². The van der Waals surface area contributed by atoms with E-state index in [4.69, 9.17) is 14.2 Å². The second kappa shape index (κ2) is 17.0. The molecule has 0 aliphatic carbocycles. The van der Waals surface area contributed by atoms with Crippen molar-refractivity contribution in [3.05, 3.63) is 84.0 Å². The van der Waals surface area contributed by atoms with Gasteiger partial charge in [0, 0.05) is 19.4 Å². The van der Waals surface area contributed by atoms with Gasteiger partial charge in [0.25, 0.3) is 0 Å². The molecule has 2 aromatic carbocycles. The first kappa shape index (κ1) is 34.1. The molecule has 10 nitrogen and oxygen atoms in total. The van der Waals surface area contributed by atoms with E-state index < -0.39 is 54.0 Å². The van der Waals surface area contributed by atoms with E-state index in [2.05, 4.69) is 10.6 Å². The molecular formula is C34H42N2O8. The maximum atomic E-state index is 13.2. The van der Waals surface area contributed by atoms with Crippen LogP contribution in [0.1, 0.15) is 44.7 Å². The fourth-order valence-corrected chi connectivity index (χ4v) is 4.45. The summed E-state index contributed by atoms with van der Waals surface area (Å²) in [7, 11) is 1.55. The number of nitrogens with one attached hydrogen (secondary N) is 2. The predicted molar refractivity (Wildman–Crippen MR) is 165 cm³/mol. The Kier molecular flexibility index (Phi) is 13.2. The minimum Gasteiger partial charge on any atom is -0.497 e. The molecule has 10 heteroatoms. The van der Waals surface area contributed by atoms with Crippen molar-refractivity contribution in [2.75, 3.05) is 13.7 Å². The molecule has 3 N–H and O–H groups in total. The minimum atomic E-state index is -1.23. The number of aliphatic hydroxyl groups excluding tert-OH is 1. The van der Waals surface area contributed by atoms with Gasteiger partial charge in [0.1, 0.15) is 24.0 Å². The van der Waals surface area contributed by atoms with Crippen LogP contribution < -0.4 is 15.4 Å². The molecule has 0 radical (unpaired) electrons. The summed E-state index contributed by atoms with van der Waals surface area (Å²) in [6.07, 6.45) is 2.75. The number of esters is 2. The fraction of sp³-hybridized carbons (Fsp3) is 0.412. The van der Waals surface area contributed by atoms with Crippen LogP contribution in [0.2, 0.25) is 0 Å². The normalized spacial score (nSPS) is 23.8. The second-order valence-corrected chi connectivity index (χ2v) is 11.2. The lowest BCUT2D eigenvalue weighted by Gasteiger charge is -2.26. The third kappa shape index (κ3) is 11.0. The zero-order valence-corrected chi connectivity index (χ0v) is 25.6. The van der Waals surface area contributed by atoms with Gasteiger partial charge in [0.15, 0.2) is 6.10 Å². The van der Waals surface area contributed by atoms with Crippen LogP contribution in [0.15, 0.2) is 72.8 Å². The summed E-state index contributed by atoms with van der Waals surface area (Å²) in [5.74, 6) is -2.66. The highest BCUT2D eigenvalue weighted by atomic mass is 16.6. The lowest BCUT2D eigenvalue weighted by molar-refractivity contribution is -0.177. The van der Waals surface area contributed by atoms with Gasteiger partial charge >= 0.3 is 11.9 Å². The number of carbonyl (C=O) groups is 4. The molecular weight excluding hydrogens is 564 g/mol. The molecule has 2 amide bonds. The van der Waals surface area contributed by atoms with Crippen LogP contribution in [0.4, 0.5) is 0 Å². The molecule has 236 valence electrons. The van der Waals surface area contributed by atoms with E-state index in [-0.39, 0.29) is 31.7 Å². The minimum absolute atomic E-state index is 0.00962. The van der Waals surface area contributed by atoms with Gasteiger partial charge < -0.3 is 30.0 Å². The molecule has 3 rings (SSSR count). The van der Waals surface area contributed by atoms with Crippen LogP contribution in [0.5, 0.6) is 5.75 Å². The van der Waals surface area contributed by atoms with Crippen molar-refractivity contribution >= 4 is 29.8 Å². The third-order valence-electron chi connectivity index (χ3n) is 6.99. The van der Waals surface area contributed by atoms with Crippen LogP contribution in [0.25, 0.3) is 6.08 Å². The van der Waals surface area contributed by atoms with E-state index in [9.17, 15) is 24.3 Å². The van der Waals surface area contributed by atoms with Crippen molar-refractivity contribution in [2.45, 2.75) is 64.4 Å². The van der Waals surface area contributed by atoms with E-state index in [0.29, 0.717) is 5.75 Å². The molecule has 1 aliphatic heterocycles. The van der Waals surface area contributed by atoms with Gasteiger partial charge in [-0.15, -0.1) is 0 Å². The summed E-state index contributed by atoms with van der Waals surface area (Å²) in [4.78, 5) is 52.3. The highest BCUT2D eigenvalue weighted by Crippen LogP contribution is 2.18. The average molecular weight is 607 g/mol. The molecule has 44 heavy (non-hydrogen) atoms. The van der Waals surface area contributed by atoms with Gasteiger partial charge in [-0.25, -0.2) is 4.79 Å². The van der Waals surface area contributed by atoms with E-state index in [1.165, 1.54) is 18.2 Å². The van der Waals surface area contributed by atoms with Gasteiger partial charge in [-0.1, -0.05) is 81.5 Å². The second-order valence-electron chi connectivity index (χ2n) is 11.2. The lowest BCUT2D eigenvalue weighted by Crippen LogP contribution is -2.49. The number of benzene rings is 2. The maximum absolute atomic E-state index is 13.2. The zero-order valence-electron chi connectivity index (χ0n) is 25.6. The van der Waals surface area contributed by atoms with Gasteiger partial charge in [-0.05, 0) is 41.7 Å². The molecule has 1 aliphatic rings. The van der Waals surface area contributed by atoms with Crippen LogP contribution >= 0.6 is 0 Å². The SMILES string of the molecule is COc1ccc(C[C@H]2NC(=O)/C=C/C[C@@H](C(O)/C=C/c3ccccc3)OC(=O)[C@H](CC(C)C)OC(=O)[C@H](C)CNC2=O)cc1. The van der Waals surface area contributed by atoms with Crippen molar-refractivity contribution in [3.8, 4) is 5.75 Å². The Labute approximate surface area is 258 Å². The van der Waals surface area contributed by atoms with Crippen molar-refractivity contribution in [1.82, 2.24) is 10.6 Å². The third-order valence-corrected chi connectivity index (χ3v) is 6.99. The number of aliphatic hydroxyl groups is 1. The van der Waals surface area contributed by atoms with Crippen LogP contribution in [-0.4, -0.2) is 66.9 Å². The molecule has 0 spiro atoms.